The maximum absolute atomic E-state index is 11.1. The van der Waals surface area contributed by atoms with E-state index in [-0.39, 0.29) is 12.5 Å². The third-order valence-corrected chi connectivity index (χ3v) is 2.32. The molecule has 0 rings (SSSR count). The molecule has 4 nitrogen and oxygen atoms in total. The van der Waals surface area contributed by atoms with Crippen molar-refractivity contribution in [1.29, 1.82) is 0 Å². The molecule has 0 saturated heterocycles. The second-order valence-electron chi connectivity index (χ2n) is 3.87. The lowest BCUT2D eigenvalue weighted by atomic mass is 10.1. The standard InChI is InChI=1S/C13H21NO3/c1-2-3-4-5-6-7-8-9-10-12(15)14-11-13(16)17/h4-11H2,1H3,(H,14,15)(H,16,17). The molecule has 0 bridgehead atoms. The molecule has 17 heavy (non-hydrogen) atoms. The summed E-state index contributed by atoms with van der Waals surface area (Å²) in [5.74, 6) is 4.69. The van der Waals surface area contributed by atoms with E-state index in [1.54, 1.807) is 0 Å². The van der Waals surface area contributed by atoms with Gasteiger partial charge in [-0.15, -0.1) is 11.8 Å². The van der Waals surface area contributed by atoms with Crippen LogP contribution < -0.4 is 5.32 Å². The highest BCUT2D eigenvalue weighted by Gasteiger charge is 2.02. The maximum atomic E-state index is 11.1. The Morgan fingerprint density at radius 2 is 1.76 bits per heavy atom. The molecule has 0 atom stereocenters. The van der Waals surface area contributed by atoms with Gasteiger partial charge in [0.25, 0.3) is 0 Å². The number of unbranched alkanes of at least 4 members (excludes halogenated alkanes) is 5. The van der Waals surface area contributed by atoms with Crippen molar-refractivity contribution >= 4 is 11.9 Å². The van der Waals surface area contributed by atoms with Crippen LogP contribution in [0.1, 0.15) is 51.9 Å². The SMILES string of the molecule is CC#CCCCCCCCC(=O)NCC(=O)O. The molecule has 96 valence electrons. The Bertz CT molecular complexity index is 289. The second kappa shape index (κ2) is 11.0. The highest BCUT2D eigenvalue weighted by atomic mass is 16.4. The zero-order chi connectivity index (χ0) is 12.9. The molecule has 0 aliphatic carbocycles. The lowest BCUT2D eigenvalue weighted by Gasteiger charge is -2.02. The molecule has 0 radical (unpaired) electrons. The number of nitrogens with one attached hydrogen (secondary N) is 1. The van der Waals surface area contributed by atoms with Crippen molar-refractivity contribution < 1.29 is 14.7 Å². The van der Waals surface area contributed by atoms with E-state index in [1.165, 1.54) is 0 Å². The van der Waals surface area contributed by atoms with E-state index in [0.29, 0.717) is 6.42 Å². The van der Waals surface area contributed by atoms with Crippen molar-refractivity contribution in [2.45, 2.75) is 51.9 Å². The summed E-state index contributed by atoms with van der Waals surface area (Å²) >= 11 is 0. The average Bonchev–Trinajstić information content (AvgIpc) is 2.30. The first kappa shape index (κ1) is 15.5. The number of amides is 1. The summed E-state index contributed by atoms with van der Waals surface area (Å²) in [6.07, 6.45) is 6.58. The molecule has 0 fully saturated rings. The van der Waals surface area contributed by atoms with Crippen molar-refractivity contribution in [3.05, 3.63) is 0 Å². The molecule has 0 aromatic rings. The fourth-order valence-electron chi connectivity index (χ4n) is 1.42. The van der Waals surface area contributed by atoms with Crippen LogP contribution in [0, 0.1) is 11.8 Å². The number of carbonyl (C=O) groups is 2. The van der Waals surface area contributed by atoms with Gasteiger partial charge in [0.15, 0.2) is 0 Å². The zero-order valence-electron chi connectivity index (χ0n) is 10.4. The molecule has 0 spiro atoms. The van der Waals surface area contributed by atoms with Gasteiger partial charge in [-0.1, -0.05) is 19.3 Å². The van der Waals surface area contributed by atoms with Crippen molar-refractivity contribution in [2.75, 3.05) is 6.54 Å². The highest BCUT2D eigenvalue weighted by molar-refractivity contribution is 5.80. The van der Waals surface area contributed by atoms with E-state index in [2.05, 4.69) is 17.2 Å². The largest absolute Gasteiger partial charge is 0.480 e. The fraction of sp³-hybridized carbons (Fsp3) is 0.692. The van der Waals surface area contributed by atoms with E-state index in [4.69, 9.17) is 5.11 Å². The van der Waals surface area contributed by atoms with E-state index in [9.17, 15) is 9.59 Å². The highest BCUT2D eigenvalue weighted by Crippen LogP contribution is 2.06. The Labute approximate surface area is 103 Å². The summed E-state index contributed by atoms with van der Waals surface area (Å²) in [6.45, 7) is 1.56. The molecular weight excluding hydrogens is 218 g/mol. The Balaban J connectivity index is 3.23. The fourth-order valence-corrected chi connectivity index (χ4v) is 1.42. The van der Waals surface area contributed by atoms with Gasteiger partial charge in [0.2, 0.25) is 5.91 Å². The van der Waals surface area contributed by atoms with Gasteiger partial charge in [-0.25, -0.2) is 0 Å². The van der Waals surface area contributed by atoms with Gasteiger partial charge in [0, 0.05) is 12.8 Å². The van der Waals surface area contributed by atoms with E-state index in [0.717, 1.165) is 38.5 Å². The third kappa shape index (κ3) is 12.4. The first-order chi connectivity index (χ1) is 8.16. The van der Waals surface area contributed by atoms with Crippen LogP contribution in [0.15, 0.2) is 0 Å². The van der Waals surface area contributed by atoms with Crippen molar-refractivity contribution in [1.82, 2.24) is 5.32 Å². The number of carboxylic acid groups (broad SMARTS) is 1. The lowest BCUT2D eigenvalue weighted by Crippen LogP contribution is -2.28. The second-order valence-corrected chi connectivity index (χ2v) is 3.87. The summed E-state index contributed by atoms with van der Waals surface area (Å²) in [5, 5.41) is 10.7. The molecule has 0 unspecified atom stereocenters. The Morgan fingerprint density at radius 3 is 2.41 bits per heavy atom. The van der Waals surface area contributed by atoms with Gasteiger partial charge >= 0.3 is 5.97 Å². The van der Waals surface area contributed by atoms with Gasteiger partial charge in [-0.2, -0.15) is 0 Å². The molecule has 0 saturated carbocycles. The van der Waals surface area contributed by atoms with Crippen LogP contribution in [-0.2, 0) is 9.59 Å². The maximum Gasteiger partial charge on any atom is 0.322 e. The van der Waals surface area contributed by atoms with Crippen LogP contribution in [0.25, 0.3) is 0 Å². The van der Waals surface area contributed by atoms with Crippen LogP contribution in [0.3, 0.4) is 0 Å². The predicted octanol–water partition coefficient (Wildman–Crippen LogP) is 1.94. The number of hydrogen-bond donors (Lipinski definition) is 2. The Kier molecular flexibility index (Phi) is 10.0. The summed E-state index contributed by atoms with van der Waals surface area (Å²) < 4.78 is 0. The number of carbonyl (C=O) groups excluding carboxylic acids is 1. The molecule has 0 aromatic carbocycles. The normalized spacial score (nSPS) is 9.24. The van der Waals surface area contributed by atoms with E-state index >= 15 is 0 Å². The number of carboxylic acids is 1. The molecule has 4 heteroatoms. The first-order valence-corrected chi connectivity index (χ1v) is 6.05. The Morgan fingerprint density at radius 1 is 1.12 bits per heavy atom. The van der Waals surface area contributed by atoms with Gasteiger partial charge in [-0.3, -0.25) is 9.59 Å². The van der Waals surface area contributed by atoms with Crippen LogP contribution in [0.5, 0.6) is 0 Å². The lowest BCUT2D eigenvalue weighted by molar-refractivity contribution is -0.137. The topological polar surface area (TPSA) is 66.4 Å². The minimum absolute atomic E-state index is 0.177. The zero-order valence-corrected chi connectivity index (χ0v) is 10.4. The summed E-state index contributed by atoms with van der Waals surface area (Å²) in [7, 11) is 0. The van der Waals surface area contributed by atoms with E-state index < -0.39 is 5.97 Å². The molecule has 0 aliphatic heterocycles. The Hall–Kier alpha value is -1.50. The molecule has 0 aliphatic rings. The summed E-state index contributed by atoms with van der Waals surface area (Å²) in [5.41, 5.74) is 0. The average molecular weight is 239 g/mol. The van der Waals surface area contributed by atoms with Gasteiger partial charge in [0.05, 0.1) is 0 Å². The van der Waals surface area contributed by atoms with Gasteiger partial charge in [0.1, 0.15) is 6.54 Å². The molecule has 0 heterocycles. The van der Waals surface area contributed by atoms with Gasteiger partial charge in [-0.05, 0) is 19.8 Å². The molecular formula is C13H21NO3. The first-order valence-electron chi connectivity index (χ1n) is 6.05. The van der Waals surface area contributed by atoms with Crippen LogP contribution in [0.2, 0.25) is 0 Å². The summed E-state index contributed by atoms with van der Waals surface area (Å²) in [4.78, 5) is 21.3. The monoisotopic (exact) mass is 239 g/mol. The van der Waals surface area contributed by atoms with Crippen LogP contribution in [-0.4, -0.2) is 23.5 Å². The predicted molar refractivity (Wildman–Crippen MR) is 66.4 cm³/mol. The molecule has 0 aromatic heterocycles. The van der Waals surface area contributed by atoms with Crippen molar-refractivity contribution in [2.24, 2.45) is 0 Å². The van der Waals surface area contributed by atoms with Crippen molar-refractivity contribution in [3.63, 3.8) is 0 Å². The number of rotatable bonds is 9. The third-order valence-electron chi connectivity index (χ3n) is 2.32. The van der Waals surface area contributed by atoms with Crippen LogP contribution in [0.4, 0.5) is 0 Å². The van der Waals surface area contributed by atoms with Crippen molar-refractivity contribution in [3.8, 4) is 11.8 Å². The number of hydrogen-bond acceptors (Lipinski definition) is 2. The molecule has 1 amide bonds. The quantitative estimate of drug-likeness (QED) is 0.477. The smallest absolute Gasteiger partial charge is 0.322 e. The minimum atomic E-state index is -1.00. The van der Waals surface area contributed by atoms with Crippen LogP contribution >= 0.6 is 0 Å². The minimum Gasteiger partial charge on any atom is -0.480 e. The number of aliphatic carboxylic acids is 1. The molecule has 2 N–H and O–H groups in total. The van der Waals surface area contributed by atoms with E-state index in [1.807, 2.05) is 6.92 Å². The van der Waals surface area contributed by atoms with Gasteiger partial charge < -0.3 is 10.4 Å². The summed E-state index contributed by atoms with van der Waals surface area (Å²) in [6, 6.07) is 0.